The number of hydrogen-bond acceptors (Lipinski definition) is 2. The molecule has 0 aliphatic rings. The highest BCUT2D eigenvalue weighted by atomic mass is 79.9. The van der Waals surface area contributed by atoms with E-state index >= 15 is 0 Å². The van der Waals surface area contributed by atoms with E-state index in [1.165, 1.54) is 12.3 Å². The van der Waals surface area contributed by atoms with Gasteiger partial charge in [0.1, 0.15) is 12.0 Å². The van der Waals surface area contributed by atoms with Gasteiger partial charge in [0, 0.05) is 0 Å². The minimum absolute atomic E-state index is 0.234. The molecule has 0 aromatic carbocycles. The molecule has 0 saturated heterocycles. The maximum atomic E-state index is 12.6. The first kappa shape index (κ1) is 9.67. The van der Waals surface area contributed by atoms with Crippen LogP contribution in [-0.4, -0.2) is 12.5 Å². The van der Waals surface area contributed by atoms with Crippen molar-refractivity contribution in [2.75, 3.05) is 6.54 Å². The van der Waals surface area contributed by atoms with Crippen molar-refractivity contribution in [1.82, 2.24) is 0 Å². The van der Waals surface area contributed by atoms with E-state index < -0.39 is 18.9 Å². The molecule has 12 heavy (non-hydrogen) atoms. The van der Waals surface area contributed by atoms with Crippen LogP contribution in [0.25, 0.3) is 0 Å². The van der Waals surface area contributed by atoms with Crippen LogP contribution in [0.3, 0.4) is 0 Å². The molecule has 0 amide bonds. The fraction of sp³-hybridized carbons (Fsp3) is 0.429. The summed E-state index contributed by atoms with van der Waals surface area (Å²) in [5.41, 5.74) is 4.86. The highest BCUT2D eigenvalue weighted by Crippen LogP contribution is 2.22. The first-order chi connectivity index (χ1) is 5.53. The molecule has 0 bridgehead atoms. The van der Waals surface area contributed by atoms with Crippen LogP contribution >= 0.6 is 15.9 Å². The zero-order chi connectivity index (χ0) is 9.19. The normalized spacial score (nSPS) is 12.0. The second-order valence-electron chi connectivity index (χ2n) is 2.47. The highest BCUT2D eigenvalue weighted by molar-refractivity contribution is 9.10. The lowest BCUT2D eigenvalue weighted by Crippen LogP contribution is -2.29. The maximum Gasteiger partial charge on any atom is 0.267 e. The number of alkyl halides is 2. The summed E-state index contributed by atoms with van der Waals surface area (Å²) in [7, 11) is 0. The second kappa shape index (κ2) is 3.53. The Morgan fingerprint density at radius 3 is 2.67 bits per heavy atom. The molecule has 1 rings (SSSR count). The molecule has 68 valence electrons. The maximum absolute atomic E-state index is 12.6. The second-order valence-corrected chi connectivity index (χ2v) is 3.38. The van der Waals surface area contributed by atoms with Gasteiger partial charge < -0.3 is 10.2 Å². The lowest BCUT2D eigenvalue weighted by molar-refractivity contribution is 0.00672. The molecular formula is C7H8BrF2NO. The van der Waals surface area contributed by atoms with Crippen molar-refractivity contribution in [3.8, 4) is 0 Å². The van der Waals surface area contributed by atoms with Crippen molar-refractivity contribution in [3.05, 3.63) is 22.6 Å². The highest BCUT2D eigenvalue weighted by Gasteiger charge is 2.28. The van der Waals surface area contributed by atoms with Gasteiger partial charge in [-0.3, -0.25) is 0 Å². The van der Waals surface area contributed by atoms with Gasteiger partial charge in [-0.2, -0.15) is 0 Å². The molecule has 5 heteroatoms. The van der Waals surface area contributed by atoms with E-state index in [4.69, 9.17) is 10.2 Å². The molecule has 0 radical (unpaired) electrons. The zero-order valence-corrected chi connectivity index (χ0v) is 7.77. The Morgan fingerprint density at radius 2 is 2.25 bits per heavy atom. The van der Waals surface area contributed by atoms with E-state index in [1.54, 1.807) is 0 Å². The molecule has 1 aromatic rings. The lowest BCUT2D eigenvalue weighted by Gasteiger charge is -2.10. The Bertz CT molecular complexity index is 262. The summed E-state index contributed by atoms with van der Waals surface area (Å²) in [6.45, 7) is -0.661. The molecule has 2 nitrogen and oxygen atoms in total. The minimum atomic E-state index is -2.88. The average molecular weight is 240 g/mol. The third-order valence-corrected chi connectivity index (χ3v) is 1.77. The number of rotatable bonds is 3. The van der Waals surface area contributed by atoms with E-state index in [1.807, 2.05) is 0 Å². The van der Waals surface area contributed by atoms with Gasteiger partial charge in [-0.1, -0.05) is 0 Å². The Labute approximate surface area is 76.9 Å². The van der Waals surface area contributed by atoms with E-state index in [0.717, 1.165) is 0 Å². The van der Waals surface area contributed by atoms with Gasteiger partial charge in [0.2, 0.25) is 0 Å². The quantitative estimate of drug-likeness (QED) is 0.879. The predicted molar refractivity (Wildman–Crippen MR) is 44.1 cm³/mol. The van der Waals surface area contributed by atoms with Gasteiger partial charge in [0.15, 0.2) is 0 Å². The van der Waals surface area contributed by atoms with Crippen LogP contribution in [0.1, 0.15) is 5.76 Å². The van der Waals surface area contributed by atoms with E-state index in [2.05, 4.69) is 15.9 Å². The van der Waals surface area contributed by atoms with Crippen LogP contribution in [0.15, 0.2) is 21.2 Å². The lowest BCUT2D eigenvalue weighted by atomic mass is 10.2. The Balaban J connectivity index is 2.63. The molecule has 1 heterocycles. The van der Waals surface area contributed by atoms with Gasteiger partial charge in [0.25, 0.3) is 5.92 Å². The average Bonchev–Trinajstić information content (AvgIpc) is 2.35. The molecule has 2 N–H and O–H groups in total. The molecule has 1 aromatic heterocycles. The molecule has 0 aliphatic carbocycles. The first-order valence-corrected chi connectivity index (χ1v) is 4.13. The summed E-state index contributed by atoms with van der Waals surface area (Å²) in [6, 6.07) is 1.50. The number of hydrogen-bond donors (Lipinski definition) is 1. The standard InChI is InChI=1S/C7H8BrF2NO/c8-5-1-6(12-3-5)2-7(9,10)4-11/h1,3H,2,4,11H2. The van der Waals surface area contributed by atoms with Crippen molar-refractivity contribution in [1.29, 1.82) is 0 Å². The van der Waals surface area contributed by atoms with Crippen molar-refractivity contribution >= 4 is 15.9 Å². The van der Waals surface area contributed by atoms with E-state index in [-0.39, 0.29) is 5.76 Å². The van der Waals surface area contributed by atoms with Crippen molar-refractivity contribution in [2.24, 2.45) is 5.73 Å². The predicted octanol–water partition coefficient (Wildman–Crippen LogP) is 2.18. The summed E-state index contributed by atoms with van der Waals surface area (Å²) in [5.74, 6) is -2.64. The topological polar surface area (TPSA) is 39.2 Å². The Morgan fingerprint density at radius 1 is 1.58 bits per heavy atom. The number of halogens is 3. The zero-order valence-electron chi connectivity index (χ0n) is 6.19. The van der Waals surface area contributed by atoms with Crippen LogP contribution in [0.5, 0.6) is 0 Å². The van der Waals surface area contributed by atoms with Crippen LogP contribution < -0.4 is 5.73 Å². The van der Waals surface area contributed by atoms with Crippen LogP contribution in [-0.2, 0) is 6.42 Å². The third-order valence-electron chi connectivity index (χ3n) is 1.35. The van der Waals surface area contributed by atoms with Gasteiger partial charge in [-0.25, -0.2) is 8.78 Å². The molecular weight excluding hydrogens is 232 g/mol. The van der Waals surface area contributed by atoms with Crippen LogP contribution in [0, 0.1) is 0 Å². The molecule has 0 spiro atoms. The van der Waals surface area contributed by atoms with E-state index in [9.17, 15) is 8.78 Å². The smallest absolute Gasteiger partial charge is 0.267 e. The molecule has 0 atom stereocenters. The minimum Gasteiger partial charge on any atom is -0.468 e. The molecule has 0 aliphatic heterocycles. The molecule has 0 unspecified atom stereocenters. The Kier molecular flexibility index (Phi) is 2.85. The summed E-state index contributed by atoms with van der Waals surface area (Å²) in [6.07, 6.45) is 0.914. The Hall–Kier alpha value is -0.420. The molecule has 0 fully saturated rings. The van der Waals surface area contributed by atoms with Gasteiger partial charge >= 0.3 is 0 Å². The summed E-state index contributed by atoms with van der Waals surface area (Å²) in [5, 5.41) is 0. The third kappa shape index (κ3) is 2.57. The van der Waals surface area contributed by atoms with E-state index in [0.29, 0.717) is 4.47 Å². The fourth-order valence-electron chi connectivity index (χ4n) is 0.774. The van der Waals surface area contributed by atoms with Crippen molar-refractivity contribution < 1.29 is 13.2 Å². The largest absolute Gasteiger partial charge is 0.468 e. The van der Waals surface area contributed by atoms with Gasteiger partial charge in [-0.05, 0) is 22.0 Å². The van der Waals surface area contributed by atoms with Crippen molar-refractivity contribution in [2.45, 2.75) is 12.3 Å². The van der Waals surface area contributed by atoms with Gasteiger partial charge in [-0.15, -0.1) is 0 Å². The number of nitrogens with two attached hydrogens (primary N) is 1. The summed E-state index contributed by atoms with van der Waals surface area (Å²) in [4.78, 5) is 0. The molecule has 0 saturated carbocycles. The monoisotopic (exact) mass is 239 g/mol. The van der Waals surface area contributed by atoms with Crippen LogP contribution in [0.2, 0.25) is 0 Å². The van der Waals surface area contributed by atoms with Crippen LogP contribution in [0.4, 0.5) is 8.78 Å². The summed E-state index contributed by atoms with van der Waals surface area (Å²) >= 11 is 3.09. The first-order valence-electron chi connectivity index (χ1n) is 3.34. The number of furan rings is 1. The van der Waals surface area contributed by atoms with Gasteiger partial charge in [0.05, 0.1) is 17.4 Å². The van der Waals surface area contributed by atoms with Crippen molar-refractivity contribution in [3.63, 3.8) is 0 Å². The fourth-order valence-corrected chi connectivity index (χ4v) is 1.12. The summed E-state index contributed by atoms with van der Waals surface area (Å²) < 4.78 is 30.8. The SMILES string of the molecule is NCC(F)(F)Cc1cc(Br)co1.